The molecule has 2 atom stereocenters. The standard InChI is InChI=1S/C27H42N2O4/c1-31-27(32-2)20-29(17-23-10-11-23)26(30)13-15-33-14-12-21-6-8-22(9-7-21)16-28-18-24-4-3-5-25(24)19-28/h6-9,23-25,27H,3-5,10-20H2,1-2H3. The Morgan fingerprint density at radius 1 is 1.00 bits per heavy atom. The van der Waals surface area contributed by atoms with E-state index in [1.54, 1.807) is 14.2 Å². The molecule has 1 heterocycles. The fourth-order valence-corrected chi connectivity index (χ4v) is 5.46. The average molecular weight is 459 g/mol. The highest BCUT2D eigenvalue weighted by Gasteiger charge is 2.35. The minimum Gasteiger partial charge on any atom is -0.381 e. The van der Waals surface area contributed by atoms with Gasteiger partial charge in [-0.25, -0.2) is 0 Å². The Labute approximate surface area is 199 Å². The summed E-state index contributed by atoms with van der Waals surface area (Å²) in [7, 11) is 3.22. The van der Waals surface area contributed by atoms with E-state index in [1.807, 2.05) is 4.90 Å². The lowest BCUT2D eigenvalue weighted by atomic mass is 10.0. The summed E-state index contributed by atoms with van der Waals surface area (Å²) in [5, 5.41) is 0. The number of amides is 1. The molecular weight excluding hydrogens is 416 g/mol. The molecule has 0 spiro atoms. The summed E-state index contributed by atoms with van der Waals surface area (Å²) in [4.78, 5) is 17.2. The van der Waals surface area contributed by atoms with Crippen LogP contribution in [0, 0.1) is 17.8 Å². The normalized spacial score (nSPS) is 22.8. The number of rotatable bonds is 14. The molecule has 1 aromatic rings. The summed E-state index contributed by atoms with van der Waals surface area (Å²) in [5.41, 5.74) is 2.70. The lowest BCUT2D eigenvalue weighted by Crippen LogP contribution is -2.40. The molecule has 0 bridgehead atoms. The number of carbonyl (C=O) groups excluding carboxylic acids is 1. The van der Waals surface area contributed by atoms with Crippen LogP contribution in [0.25, 0.3) is 0 Å². The van der Waals surface area contributed by atoms with Gasteiger partial charge in [0.05, 0.1) is 26.2 Å². The zero-order valence-corrected chi connectivity index (χ0v) is 20.5. The Balaban J connectivity index is 1.12. The van der Waals surface area contributed by atoms with Crippen molar-refractivity contribution in [2.45, 2.75) is 57.8 Å². The van der Waals surface area contributed by atoms with Gasteiger partial charge in [0.1, 0.15) is 0 Å². The van der Waals surface area contributed by atoms with Crippen LogP contribution in [0.5, 0.6) is 0 Å². The summed E-state index contributed by atoms with van der Waals surface area (Å²) < 4.78 is 16.4. The third-order valence-corrected chi connectivity index (χ3v) is 7.65. The molecule has 6 nitrogen and oxygen atoms in total. The van der Waals surface area contributed by atoms with Crippen molar-refractivity contribution in [2.75, 3.05) is 53.6 Å². The number of carbonyl (C=O) groups is 1. The van der Waals surface area contributed by atoms with Crippen LogP contribution in [-0.2, 0) is 32.0 Å². The van der Waals surface area contributed by atoms with Crippen molar-refractivity contribution in [3.8, 4) is 0 Å². The van der Waals surface area contributed by atoms with Gasteiger partial charge in [0.25, 0.3) is 0 Å². The van der Waals surface area contributed by atoms with E-state index < -0.39 is 0 Å². The van der Waals surface area contributed by atoms with Gasteiger partial charge in [0.15, 0.2) is 6.29 Å². The number of nitrogens with zero attached hydrogens (tertiary/aromatic N) is 2. The molecule has 2 unspecified atom stereocenters. The Bertz CT molecular complexity index is 720. The molecule has 3 fully saturated rings. The van der Waals surface area contributed by atoms with Crippen molar-refractivity contribution >= 4 is 5.91 Å². The molecule has 2 saturated carbocycles. The molecule has 0 aromatic heterocycles. The predicted octanol–water partition coefficient (Wildman–Crippen LogP) is 3.73. The van der Waals surface area contributed by atoms with Gasteiger partial charge >= 0.3 is 0 Å². The topological polar surface area (TPSA) is 51.2 Å². The Morgan fingerprint density at radius 2 is 1.67 bits per heavy atom. The fourth-order valence-electron chi connectivity index (χ4n) is 5.46. The summed E-state index contributed by atoms with van der Waals surface area (Å²) in [5.74, 6) is 2.67. The van der Waals surface area contributed by atoms with Gasteiger partial charge in [-0.15, -0.1) is 0 Å². The van der Waals surface area contributed by atoms with Crippen molar-refractivity contribution in [3.05, 3.63) is 35.4 Å². The first-order valence-electron chi connectivity index (χ1n) is 12.9. The largest absolute Gasteiger partial charge is 0.381 e. The van der Waals surface area contributed by atoms with Crippen LogP contribution in [0.15, 0.2) is 24.3 Å². The van der Waals surface area contributed by atoms with Crippen molar-refractivity contribution in [1.82, 2.24) is 9.80 Å². The smallest absolute Gasteiger partial charge is 0.225 e. The second-order valence-corrected chi connectivity index (χ2v) is 10.2. The molecule has 33 heavy (non-hydrogen) atoms. The zero-order valence-electron chi connectivity index (χ0n) is 20.5. The van der Waals surface area contributed by atoms with E-state index in [0.717, 1.165) is 31.3 Å². The third-order valence-electron chi connectivity index (χ3n) is 7.65. The van der Waals surface area contributed by atoms with Crippen LogP contribution in [0.1, 0.15) is 49.7 Å². The molecule has 3 aliphatic rings. The van der Waals surface area contributed by atoms with Crippen LogP contribution < -0.4 is 0 Å². The van der Waals surface area contributed by atoms with Crippen molar-refractivity contribution in [1.29, 1.82) is 0 Å². The van der Waals surface area contributed by atoms with Crippen LogP contribution in [-0.4, -0.2) is 75.6 Å². The molecule has 1 amide bonds. The quantitative estimate of drug-likeness (QED) is 0.314. The number of hydrogen-bond acceptors (Lipinski definition) is 5. The van der Waals surface area contributed by atoms with Gasteiger partial charge in [0.2, 0.25) is 5.91 Å². The van der Waals surface area contributed by atoms with Crippen LogP contribution in [0.4, 0.5) is 0 Å². The van der Waals surface area contributed by atoms with Crippen molar-refractivity contribution < 1.29 is 19.0 Å². The molecule has 1 aromatic carbocycles. The lowest BCUT2D eigenvalue weighted by Gasteiger charge is -2.26. The summed E-state index contributed by atoms with van der Waals surface area (Å²) in [6.07, 6.45) is 7.64. The number of methoxy groups -OCH3 is 2. The predicted molar refractivity (Wildman–Crippen MR) is 129 cm³/mol. The maximum atomic E-state index is 12.7. The highest BCUT2D eigenvalue weighted by Crippen LogP contribution is 2.38. The van der Waals surface area contributed by atoms with Crippen LogP contribution in [0.2, 0.25) is 0 Å². The zero-order chi connectivity index (χ0) is 23.0. The molecule has 0 radical (unpaired) electrons. The highest BCUT2D eigenvalue weighted by molar-refractivity contribution is 5.76. The van der Waals surface area contributed by atoms with Crippen molar-refractivity contribution in [3.63, 3.8) is 0 Å². The second-order valence-electron chi connectivity index (χ2n) is 10.2. The summed E-state index contributed by atoms with van der Waals surface area (Å²) >= 11 is 0. The molecular formula is C27H42N2O4. The van der Waals surface area contributed by atoms with Gasteiger partial charge in [-0.05, 0) is 61.0 Å². The first-order valence-corrected chi connectivity index (χ1v) is 12.9. The van der Waals surface area contributed by atoms with Crippen molar-refractivity contribution in [2.24, 2.45) is 17.8 Å². The molecule has 4 rings (SSSR count). The number of fused-ring (bicyclic) bond motifs is 1. The number of hydrogen-bond donors (Lipinski definition) is 0. The molecule has 0 N–H and O–H groups in total. The highest BCUT2D eigenvalue weighted by atomic mass is 16.7. The van der Waals surface area contributed by atoms with Gasteiger partial charge in [-0.2, -0.15) is 0 Å². The molecule has 1 aliphatic heterocycles. The van der Waals surface area contributed by atoms with Crippen LogP contribution >= 0.6 is 0 Å². The monoisotopic (exact) mass is 458 g/mol. The minimum atomic E-state index is -0.373. The molecule has 2 aliphatic carbocycles. The maximum Gasteiger partial charge on any atom is 0.225 e. The third kappa shape index (κ3) is 7.51. The first kappa shape index (κ1) is 24.6. The summed E-state index contributed by atoms with van der Waals surface area (Å²) in [6, 6.07) is 9.00. The Morgan fingerprint density at radius 3 is 2.30 bits per heavy atom. The van der Waals surface area contributed by atoms with E-state index in [2.05, 4.69) is 29.2 Å². The van der Waals surface area contributed by atoms with E-state index in [9.17, 15) is 4.79 Å². The van der Waals surface area contributed by atoms with Gasteiger partial charge in [-0.3, -0.25) is 9.69 Å². The number of benzene rings is 1. The first-order chi connectivity index (χ1) is 16.1. The van der Waals surface area contributed by atoms with Crippen LogP contribution in [0.3, 0.4) is 0 Å². The maximum absolute atomic E-state index is 12.7. The molecule has 6 heteroatoms. The second kappa shape index (κ2) is 12.3. The fraction of sp³-hybridized carbons (Fsp3) is 0.741. The van der Waals surface area contributed by atoms with E-state index in [-0.39, 0.29) is 12.2 Å². The Hall–Kier alpha value is -1.47. The minimum absolute atomic E-state index is 0.122. The Kier molecular flexibility index (Phi) is 9.18. The average Bonchev–Trinajstić information content (AvgIpc) is 3.41. The lowest BCUT2D eigenvalue weighted by molar-refractivity contribution is -0.146. The number of ether oxygens (including phenoxy) is 3. The SMILES string of the molecule is COC(CN(CC1CC1)C(=O)CCOCCc1ccc(CN2CC3CCCC3C2)cc1)OC. The van der Waals surface area contributed by atoms with Gasteiger partial charge in [0, 0.05) is 40.4 Å². The van der Waals surface area contributed by atoms with E-state index in [1.165, 1.54) is 56.3 Å². The van der Waals surface area contributed by atoms with Gasteiger partial charge < -0.3 is 19.1 Å². The van der Waals surface area contributed by atoms with E-state index in [4.69, 9.17) is 14.2 Å². The van der Waals surface area contributed by atoms with Gasteiger partial charge in [-0.1, -0.05) is 30.7 Å². The van der Waals surface area contributed by atoms with E-state index in [0.29, 0.717) is 32.1 Å². The molecule has 184 valence electrons. The van der Waals surface area contributed by atoms with E-state index >= 15 is 0 Å². The number of likely N-dealkylation sites (tertiary alicyclic amines) is 1. The molecule has 1 saturated heterocycles. The summed E-state index contributed by atoms with van der Waals surface area (Å²) in [6.45, 7) is 6.03.